The van der Waals surface area contributed by atoms with E-state index in [1.807, 2.05) is 24.3 Å². The summed E-state index contributed by atoms with van der Waals surface area (Å²) in [4.78, 5) is 10.9. The van der Waals surface area contributed by atoms with Gasteiger partial charge >= 0.3 is 5.97 Å². The van der Waals surface area contributed by atoms with Crippen LogP contribution in [0.25, 0.3) is 0 Å². The summed E-state index contributed by atoms with van der Waals surface area (Å²) in [6, 6.07) is 7.70. The van der Waals surface area contributed by atoms with Crippen LogP contribution in [0.15, 0.2) is 24.3 Å². The van der Waals surface area contributed by atoms with Gasteiger partial charge in [-0.15, -0.1) is 0 Å². The average Bonchev–Trinajstić information content (AvgIpc) is 2.42. The molecule has 0 saturated carbocycles. The number of hydrogen-bond donors (Lipinski definition) is 2. The third-order valence-corrected chi connectivity index (χ3v) is 3.05. The number of ether oxygens (including phenoxy) is 1. The van der Waals surface area contributed by atoms with Crippen LogP contribution in [0.4, 0.5) is 0 Å². The number of benzene rings is 1. The molecule has 0 aromatic heterocycles. The molecule has 0 aliphatic heterocycles. The second-order valence-electron chi connectivity index (χ2n) is 5.45. The first-order chi connectivity index (χ1) is 9.50. The number of aliphatic carboxylic acids is 1. The molecule has 0 bridgehead atoms. The quantitative estimate of drug-likeness (QED) is 0.682. The summed E-state index contributed by atoms with van der Waals surface area (Å²) in [5, 5.41) is 12.2. The Morgan fingerprint density at radius 1 is 1.25 bits per heavy atom. The second kappa shape index (κ2) is 8.72. The van der Waals surface area contributed by atoms with Crippen molar-refractivity contribution in [3.05, 3.63) is 35.4 Å². The molecular formula is C16H25NO3. The molecule has 0 amide bonds. The van der Waals surface area contributed by atoms with Crippen LogP contribution in [-0.4, -0.2) is 30.8 Å². The Bertz CT molecular complexity index is 401. The highest BCUT2D eigenvalue weighted by atomic mass is 16.5. The van der Waals surface area contributed by atoms with E-state index in [0.29, 0.717) is 12.5 Å². The van der Waals surface area contributed by atoms with Crippen LogP contribution in [0, 0.1) is 5.92 Å². The van der Waals surface area contributed by atoms with Gasteiger partial charge in [0, 0.05) is 19.7 Å². The molecule has 4 heteroatoms. The van der Waals surface area contributed by atoms with Crippen molar-refractivity contribution in [2.45, 2.75) is 33.2 Å². The Kier molecular flexibility index (Phi) is 7.26. The van der Waals surface area contributed by atoms with E-state index in [4.69, 9.17) is 9.84 Å². The van der Waals surface area contributed by atoms with Crippen LogP contribution in [0.1, 0.15) is 37.8 Å². The van der Waals surface area contributed by atoms with E-state index in [1.165, 1.54) is 0 Å². The highest BCUT2D eigenvalue weighted by Gasteiger charge is 2.12. The third-order valence-electron chi connectivity index (χ3n) is 3.05. The van der Waals surface area contributed by atoms with Crippen LogP contribution in [0.5, 0.6) is 0 Å². The number of carbonyl (C=O) groups is 1. The summed E-state index contributed by atoms with van der Waals surface area (Å²) in [5.74, 6) is -0.682. The van der Waals surface area contributed by atoms with Gasteiger partial charge in [0.05, 0.1) is 12.5 Å². The number of nitrogens with one attached hydrogen (secondary N) is 1. The molecular weight excluding hydrogens is 254 g/mol. The Labute approximate surface area is 121 Å². The van der Waals surface area contributed by atoms with Crippen LogP contribution in [-0.2, 0) is 16.1 Å². The monoisotopic (exact) mass is 279 g/mol. The van der Waals surface area contributed by atoms with Gasteiger partial charge in [0.1, 0.15) is 0 Å². The average molecular weight is 279 g/mol. The highest BCUT2D eigenvalue weighted by molar-refractivity contribution is 5.75. The van der Waals surface area contributed by atoms with Crippen molar-refractivity contribution in [3.8, 4) is 0 Å². The van der Waals surface area contributed by atoms with Crippen molar-refractivity contribution >= 4 is 5.97 Å². The number of carboxylic acids is 1. The minimum absolute atomic E-state index is 0.457. The molecule has 0 heterocycles. The molecule has 2 N–H and O–H groups in total. The van der Waals surface area contributed by atoms with E-state index in [9.17, 15) is 4.79 Å². The summed E-state index contributed by atoms with van der Waals surface area (Å²) >= 11 is 0. The zero-order valence-electron chi connectivity index (χ0n) is 12.6. The molecule has 0 saturated heterocycles. The maximum absolute atomic E-state index is 10.9. The van der Waals surface area contributed by atoms with Crippen molar-refractivity contribution in [1.82, 2.24) is 5.32 Å². The van der Waals surface area contributed by atoms with Gasteiger partial charge in [-0.25, -0.2) is 0 Å². The predicted octanol–water partition coefficient (Wildman–Crippen LogP) is 2.64. The first kappa shape index (κ1) is 16.7. The van der Waals surface area contributed by atoms with Crippen molar-refractivity contribution in [2.75, 3.05) is 19.8 Å². The zero-order chi connectivity index (χ0) is 15.0. The molecule has 20 heavy (non-hydrogen) atoms. The van der Waals surface area contributed by atoms with E-state index in [2.05, 4.69) is 19.2 Å². The fourth-order valence-corrected chi connectivity index (χ4v) is 1.76. The summed E-state index contributed by atoms with van der Waals surface area (Å²) in [6.07, 6.45) is 0. The molecule has 4 nitrogen and oxygen atoms in total. The fourth-order valence-electron chi connectivity index (χ4n) is 1.76. The summed E-state index contributed by atoms with van der Waals surface area (Å²) in [5.41, 5.74) is 1.98. The largest absolute Gasteiger partial charge is 0.481 e. The molecule has 1 aromatic carbocycles. The smallest absolute Gasteiger partial charge is 0.310 e. The molecule has 0 aliphatic rings. The van der Waals surface area contributed by atoms with Gasteiger partial charge in [0.2, 0.25) is 0 Å². The first-order valence-electron chi connectivity index (χ1n) is 7.10. The Hall–Kier alpha value is -1.39. The lowest BCUT2D eigenvalue weighted by Crippen LogP contribution is -2.20. The van der Waals surface area contributed by atoms with Crippen LogP contribution < -0.4 is 5.32 Å². The number of rotatable bonds is 9. The standard InChI is InChI=1S/C16H25NO3/c1-12(2)11-20-9-8-17-10-14-4-6-15(7-5-14)13(3)16(18)19/h4-7,12-13,17H,8-11H2,1-3H3,(H,18,19). The van der Waals surface area contributed by atoms with E-state index >= 15 is 0 Å². The fraction of sp³-hybridized carbons (Fsp3) is 0.562. The summed E-state index contributed by atoms with van der Waals surface area (Å²) in [6.45, 7) is 9.06. The Morgan fingerprint density at radius 3 is 2.45 bits per heavy atom. The van der Waals surface area contributed by atoms with Crippen molar-refractivity contribution in [3.63, 3.8) is 0 Å². The molecule has 0 aliphatic carbocycles. The van der Waals surface area contributed by atoms with E-state index in [1.54, 1.807) is 6.92 Å². The lowest BCUT2D eigenvalue weighted by atomic mass is 10.0. The van der Waals surface area contributed by atoms with E-state index in [0.717, 1.165) is 30.8 Å². The van der Waals surface area contributed by atoms with Gasteiger partial charge in [-0.05, 0) is 24.0 Å². The second-order valence-corrected chi connectivity index (χ2v) is 5.45. The molecule has 1 rings (SSSR count). The third kappa shape index (κ3) is 6.17. The maximum Gasteiger partial charge on any atom is 0.310 e. The normalized spacial score (nSPS) is 12.6. The van der Waals surface area contributed by atoms with Gasteiger partial charge < -0.3 is 15.2 Å². The SMILES string of the molecule is CC(C)COCCNCc1ccc(C(C)C(=O)O)cc1. The summed E-state index contributed by atoms with van der Waals surface area (Å²) in [7, 11) is 0. The maximum atomic E-state index is 10.9. The molecule has 0 spiro atoms. The van der Waals surface area contributed by atoms with Gasteiger partial charge in [-0.1, -0.05) is 38.1 Å². The van der Waals surface area contributed by atoms with Crippen LogP contribution in [0.3, 0.4) is 0 Å². The zero-order valence-corrected chi connectivity index (χ0v) is 12.6. The minimum Gasteiger partial charge on any atom is -0.481 e. The van der Waals surface area contributed by atoms with Crippen molar-refractivity contribution in [1.29, 1.82) is 0 Å². The van der Waals surface area contributed by atoms with Crippen LogP contribution >= 0.6 is 0 Å². The Morgan fingerprint density at radius 2 is 1.90 bits per heavy atom. The first-order valence-corrected chi connectivity index (χ1v) is 7.10. The molecule has 0 radical (unpaired) electrons. The molecule has 0 fully saturated rings. The number of hydrogen-bond acceptors (Lipinski definition) is 3. The number of carboxylic acid groups (broad SMARTS) is 1. The topological polar surface area (TPSA) is 58.6 Å². The van der Waals surface area contributed by atoms with Gasteiger partial charge in [0.15, 0.2) is 0 Å². The molecule has 1 unspecified atom stereocenters. The lowest BCUT2D eigenvalue weighted by molar-refractivity contribution is -0.138. The predicted molar refractivity (Wildman–Crippen MR) is 79.9 cm³/mol. The van der Waals surface area contributed by atoms with Gasteiger partial charge in [0.25, 0.3) is 0 Å². The Balaban J connectivity index is 2.26. The molecule has 1 aromatic rings. The van der Waals surface area contributed by atoms with E-state index < -0.39 is 11.9 Å². The van der Waals surface area contributed by atoms with E-state index in [-0.39, 0.29) is 0 Å². The van der Waals surface area contributed by atoms with Crippen LogP contribution in [0.2, 0.25) is 0 Å². The molecule has 1 atom stereocenters. The van der Waals surface area contributed by atoms with Gasteiger partial charge in [-0.3, -0.25) is 4.79 Å². The highest BCUT2D eigenvalue weighted by Crippen LogP contribution is 2.15. The van der Waals surface area contributed by atoms with Crippen molar-refractivity contribution in [2.24, 2.45) is 5.92 Å². The van der Waals surface area contributed by atoms with Crippen molar-refractivity contribution < 1.29 is 14.6 Å². The lowest BCUT2D eigenvalue weighted by Gasteiger charge is -2.09. The van der Waals surface area contributed by atoms with Gasteiger partial charge in [-0.2, -0.15) is 0 Å². The minimum atomic E-state index is -0.793. The summed E-state index contributed by atoms with van der Waals surface area (Å²) < 4.78 is 5.48. The molecule has 112 valence electrons.